The van der Waals surface area contributed by atoms with Gasteiger partial charge in [-0.2, -0.15) is 30.7 Å². The molecule has 0 spiro atoms. The molecule has 0 aliphatic carbocycles. The fraction of sp³-hybridized carbons (Fsp3) is 0.0400. The number of phenolic OH excluding ortho intramolecular Hbond substituents is 1. The van der Waals surface area contributed by atoms with E-state index in [0.29, 0.717) is 28.4 Å². The average Bonchev–Trinajstić information content (AvgIpc) is 2.87. The van der Waals surface area contributed by atoms with E-state index in [2.05, 4.69) is 30.7 Å². The van der Waals surface area contributed by atoms with Crippen LogP contribution in [0.5, 0.6) is 11.5 Å². The molecule has 0 bridgehead atoms. The van der Waals surface area contributed by atoms with Crippen LogP contribution < -0.4 is 4.74 Å². The van der Waals surface area contributed by atoms with E-state index < -0.39 is 0 Å². The van der Waals surface area contributed by atoms with Gasteiger partial charge in [0.1, 0.15) is 11.5 Å². The molecule has 33 heavy (non-hydrogen) atoms. The number of hydrogen-bond donors (Lipinski definition) is 1. The van der Waals surface area contributed by atoms with Gasteiger partial charge in [-0.25, -0.2) is 0 Å². The van der Waals surface area contributed by atoms with Crippen molar-refractivity contribution < 1.29 is 9.84 Å². The predicted molar refractivity (Wildman–Crippen MR) is 127 cm³/mol. The van der Waals surface area contributed by atoms with Gasteiger partial charge in [-0.05, 0) is 97.1 Å². The van der Waals surface area contributed by atoms with Gasteiger partial charge >= 0.3 is 0 Å². The molecule has 8 nitrogen and oxygen atoms in total. The Labute approximate surface area is 190 Å². The number of azo groups is 3. The Bertz CT molecular complexity index is 1260. The first-order valence-electron chi connectivity index (χ1n) is 10.1. The third-order valence-electron chi connectivity index (χ3n) is 4.46. The molecule has 0 atom stereocenters. The standard InChI is InChI=1S/C25H20N6O2/c1-33-25-16-12-23(13-17-25)31-29-21-8-4-19(5-9-21)27-26-18-2-6-20(7-3-18)28-30-22-10-14-24(32)15-11-22/h2-17,32H,1H3. The second-order valence-electron chi connectivity index (χ2n) is 6.85. The van der Waals surface area contributed by atoms with Crippen molar-refractivity contribution in [3.8, 4) is 11.5 Å². The third kappa shape index (κ3) is 6.38. The fourth-order valence-corrected chi connectivity index (χ4v) is 2.69. The first-order chi connectivity index (χ1) is 16.2. The Kier molecular flexibility index (Phi) is 6.87. The molecule has 1 N–H and O–H groups in total. The van der Waals surface area contributed by atoms with E-state index in [1.54, 1.807) is 43.5 Å². The zero-order valence-electron chi connectivity index (χ0n) is 17.8. The maximum atomic E-state index is 9.30. The van der Waals surface area contributed by atoms with Crippen molar-refractivity contribution in [3.63, 3.8) is 0 Å². The summed E-state index contributed by atoms with van der Waals surface area (Å²) >= 11 is 0. The minimum absolute atomic E-state index is 0.191. The van der Waals surface area contributed by atoms with Crippen LogP contribution >= 0.6 is 0 Å². The van der Waals surface area contributed by atoms with Crippen LogP contribution in [0.3, 0.4) is 0 Å². The van der Waals surface area contributed by atoms with Crippen LogP contribution in [0, 0.1) is 0 Å². The van der Waals surface area contributed by atoms with Crippen LogP contribution in [0.1, 0.15) is 0 Å². The fourth-order valence-electron chi connectivity index (χ4n) is 2.69. The van der Waals surface area contributed by atoms with Crippen LogP contribution in [-0.4, -0.2) is 12.2 Å². The summed E-state index contributed by atoms with van der Waals surface area (Å²) in [6.45, 7) is 0. The molecule has 162 valence electrons. The highest BCUT2D eigenvalue weighted by atomic mass is 16.5. The molecule has 0 fully saturated rings. The van der Waals surface area contributed by atoms with E-state index in [-0.39, 0.29) is 5.75 Å². The molecule has 0 saturated carbocycles. The van der Waals surface area contributed by atoms with Crippen LogP contribution in [0.4, 0.5) is 34.1 Å². The molecule has 4 aromatic rings. The molecule has 0 amide bonds. The second kappa shape index (κ2) is 10.5. The van der Waals surface area contributed by atoms with Crippen molar-refractivity contribution in [2.75, 3.05) is 7.11 Å². The van der Waals surface area contributed by atoms with Gasteiger partial charge in [0.15, 0.2) is 0 Å². The topological polar surface area (TPSA) is 104 Å². The number of methoxy groups -OCH3 is 1. The van der Waals surface area contributed by atoms with Crippen molar-refractivity contribution in [2.45, 2.75) is 0 Å². The van der Waals surface area contributed by atoms with Crippen molar-refractivity contribution >= 4 is 34.1 Å². The minimum Gasteiger partial charge on any atom is -0.508 e. The van der Waals surface area contributed by atoms with E-state index in [1.165, 1.54) is 0 Å². The van der Waals surface area contributed by atoms with Crippen molar-refractivity contribution in [1.82, 2.24) is 0 Å². The molecule has 0 aliphatic heterocycles. The molecule has 0 heterocycles. The summed E-state index contributed by atoms with van der Waals surface area (Å²) in [7, 11) is 1.62. The summed E-state index contributed by atoms with van der Waals surface area (Å²) in [5.74, 6) is 0.966. The molecule has 0 saturated heterocycles. The van der Waals surface area contributed by atoms with E-state index in [9.17, 15) is 5.11 Å². The first-order valence-corrected chi connectivity index (χ1v) is 10.1. The molecular formula is C25H20N6O2. The highest BCUT2D eigenvalue weighted by Gasteiger charge is 1.96. The predicted octanol–water partition coefficient (Wildman–Crippen LogP) is 8.65. The zero-order chi connectivity index (χ0) is 22.9. The molecule has 0 aromatic heterocycles. The number of ether oxygens (including phenoxy) is 1. The third-order valence-corrected chi connectivity index (χ3v) is 4.46. The highest BCUT2D eigenvalue weighted by molar-refractivity contribution is 5.50. The number of aromatic hydroxyl groups is 1. The highest BCUT2D eigenvalue weighted by Crippen LogP contribution is 2.26. The minimum atomic E-state index is 0.191. The van der Waals surface area contributed by atoms with Crippen molar-refractivity contribution in [3.05, 3.63) is 97.1 Å². The summed E-state index contributed by atoms with van der Waals surface area (Å²) < 4.78 is 5.13. The van der Waals surface area contributed by atoms with Crippen LogP contribution in [0.2, 0.25) is 0 Å². The van der Waals surface area contributed by atoms with E-state index >= 15 is 0 Å². The van der Waals surface area contributed by atoms with Crippen LogP contribution in [-0.2, 0) is 0 Å². The molecule has 0 radical (unpaired) electrons. The average molecular weight is 436 g/mol. The Balaban J connectivity index is 1.34. The zero-order valence-corrected chi connectivity index (χ0v) is 17.8. The molecule has 0 unspecified atom stereocenters. The molecule has 4 rings (SSSR count). The van der Waals surface area contributed by atoms with Crippen LogP contribution in [0.15, 0.2) is 128 Å². The number of rotatable bonds is 7. The lowest BCUT2D eigenvalue weighted by Gasteiger charge is -1.98. The van der Waals surface area contributed by atoms with E-state index in [4.69, 9.17) is 4.74 Å². The maximum Gasteiger partial charge on any atom is 0.119 e. The number of hydrogen-bond acceptors (Lipinski definition) is 8. The monoisotopic (exact) mass is 436 g/mol. The lowest BCUT2D eigenvalue weighted by Crippen LogP contribution is -1.79. The lowest BCUT2D eigenvalue weighted by molar-refractivity contribution is 0.415. The van der Waals surface area contributed by atoms with Gasteiger partial charge in [-0.1, -0.05) is 0 Å². The van der Waals surface area contributed by atoms with Gasteiger partial charge in [0.05, 0.1) is 41.2 Å². The smallest absolute Gasteiger partial charge is 0.119 e. The SMILES string of the molecule is COc1ccc(N=Nc2ccc(N=Nc3ccc(N=Nc4ccc(O)cc4)cc3)cc2)cc1. The van der Waals surface area contributed by atoms with E-state index in [1.807, 2.05) is 60.7 Å². The largest absolute Gasteiger partial charge is 0.508 e. The van der Waals surface area contributed by atoms with Crippen molar-refractivity contribution in [2.24, 2.45) is 30.7 Å². The number of nitrogens with zero attached hydrogens (tertiary/aromatic N) is 6. The molecule has 8 heteroatoms. The molecule has 4 aromatic carbocycles. The molecule has 0 aliphatic rings. The number of phenols is 1. The Morgan fingerprint density at radius 2 is 0.667 bits per heavy atom. The quantitative estimate of drug-likeness (QED) is 0.293. The van der Waals surface area contributed by atoms with Crippen molar-refractivity contribution in [1.29, 1.82) is 0 Å². The van der Waals surface area contributed by atoms with Gasteiger partial charge < -0.3 is 9.84 Å². The lowest BCUT2D eigenvalue weighted by atomic mass is 10.3. The number of benzene rings is 4. The summed E-state index contributed by atoms with van der Waals surface area (Å²) in [6.07, 6.45) is 0. The Morgan fingerprint density at radius 3 is 0.939 bits per heavy atom. The normalized spacial score (nSPS) is 11.5. The summed E-state index contributed by atoms with van der Waals surface area (Å²) in [5, 5.41) is 34.5. The summed E-state index contributed by atoms with van der Waals surface area (Å²) in [5.41, 5.74) is 4.20. The van der Waals surface area contributed by atoms with E-state index in [0.717, 1.165) is 11.4 Å². The second-order valence-corrected chi connectivity index (χ2v) is 6.85. The van der Waals surface area contributed by atoms with Gasteiger partial charge in [-0.15, -0.1) is 0 Å². The summed E-state index contributed by atoms with van der Waals surface area (Å²) in [4.78, 5) is 0. The van der Waals surface area contributed by atoms with Gasteiger partial charge in [0.2, 0.25) is 0 Å². The first kappa shape index (κ1) is 21.5. The van der Waals surface area contributed by atoms with Crippen LogP contribution in [0.25, 0.3) is 0 Å². The van der Waals surface area contributed by atoms with Gasteiger partial charge in [-0.3, -0.25) is 0 Å². The van der Waals surface area contributed by atoms with Gasteiger partial charge in [0.25, 0.3) is 0 Å². The molecular weight excluding hydrogens is 416 g/mol. The maximum absolute atomic E-state index is 9.30. The Morgan fingerprint density at radius 1 is 0.424 bits per heavy atom. The van der Waals surface area contributed by atoms with Gasteiger partial charge in [0, 0.05) is 0 Å². The Hall–Kier alpha value is -4.72. The summed E-state index contributed by atoms with van der Waals surface area (Å²) in [6, 6.07) is 28.4.